The molecule has 5 amide bonds. The molecule has 352 valence electrons. The molecule has 20 nitrogen and oxygen atoms in total. The van der Waals surface area contributed by atoms with Crippen molar-refractivity contribution < 1.29 is 71.6 Å². The van der Waals surface area contributed by atoms with Crippen LogP contribution in [0.25, 0.3) is 0 Å². The van der Waals surface area contributed by atoms with Crippen LogP contribution in [0.15, 0.2) is 48.1 Å². The molecule has 5 atom stereocenters. The van der Waals surface area contributed by atoms with E-state index in [0.29, 0.717) is 19.3 Å². The highest BCUT2D eigenvalue weighted by atomic mass is 16.5. The van der Waals surface area contributed by atoms with Gasteiger partial charge in [-0.3, -0.25) is 24.0 Å². The molecule has 0 heterocycles. The summed E-state index contributed by atoms with van der Waals surface area (Å²) >= 11 is 0. The van der Waals surface area contributed by atoms with E-state index in [-0.39, 0.29) is 42.4 Å². The summed E-state index contributed by atoms with van der Waals surface area (Å²) in [4.78, 5) is 110. The van der Waals surface area contributed by atoms with Crippen LogP contribution in [0.3, 0.4) is 0 Å². The molecular formula is C42H69N5O15. The first-order valence-electron chi connectivity index (χ1n) is 19.1. The zero-order valence-electron chi connectivity index (χ0n) is 38.6. The highest BCUT2D eigenvalue weighted by molar-refractivity contribution is 5.85. The van der Waals surface area contributed by atoms with E-state index in [9.17, 15) is 47.9 Å². The zero-order chi connectivity index (χ0) is 49.0. The molecule has 0 aliphatic rings. The number of nitrogens with one attached hydrogen (secondary N) is 5. The second-order valence-electron chi connectivity index (χ2n) is 13.4. The van der Waals surface area contributed by atoms with Gasteiger partial charge in [0.25, 0.3) is 0 Å². The molecule has 0 aliphatic carbocycles. The Labute approximate surface area is 365 Å². The van der Waals surface area contributed by atoms with Crippen molar-refractivity contribution >= 4 is 59.4 Å². The van der Waals surface area contributed by atoms with Crippen molar-refractivity contribution in [3.8, 4) is 0 Å². The summed E-state index contributed by atoms with van der Waals surface area (Å²) < 4.78 is 22.8. The third-order valence-corrected chi connectivity index (χ3v) is 7.15. The van der Waals surface area contributed by atoms with E-state index >= 15 is 0 Å². The Morgan fingerprint density at radius 1 is 0.371 bits per heavy atom. The van der Waals surface area contributed by atoms with Gasteiger partial charge in [0.15, 0.2) is 0 Å². The van der Waals surface area contributed by atoms with Gasteiger partial charge >= 0.3 is 29.8 Å². The lowest BCUT2D eigenvalue weighted by atomic mass is 10.1. The normalized spacial score (nSPS) is 12.0. The minimum atomic E-state index is -0.795. The number of methoxy groups -OCH3 is 5. The Balaban J connectivity index is -0.000000373. The van der Waals surface area contributed by atoms with E-state index in [0.717, 1.165) is 11.1 Å². The van der Waals surface area contributed by atoms with E-state index < -0.39 is 60.1 Å². The molecule has 0 radical (unpaired) electrons. The van der Waals surface area contributed by atoms with Crippen molar-refractivity contribution in [2.45, 2.75) is 125 Å². The number of carbonyl (C=O) groups is 10. The van der Waals surface area contributed by atoms with Gasteiger partial charge in [0.1, 0.15) is 30.2 Å². The zero-order valence-corrected chi connectivity index (χ0v) is 38.6. The lowest BCUT2D eigenvalue weighted by Crippen LogP contribution is -2.40. The molecule has 0 aromatic heterocycles. The van der Waals surface area contributed by atoms with Crippen molar-refractivity contribution in [2.75, 3.05) is 35.5 Å². The van der Waals surface area contributed by atoms with Gasteiger partial charge in [-0.2, -0.15) is 0 Å². The van der Waals surface area contributed by atoms with E-state index in [1.807, 2.05) is 39.8 Å². The molecule has 5 N–H and O–H groups in total. The molecule has 0 unspecified atom stereocenters. The van der Waals surface area contributed by atoms with Crippen LogP contribution in [0.2, 0.25) is 0 Å². The van der Waals surface area contributed by atoms with Crippen LogP contribution in [-0.4, -0.2) is 125 Å². The largest absolute Gasteiger partial charge is 0.467 e. The van der Waals surface area contributed by atoms with Gasteiger partial charge in [-0.15, -0.1) is 6.58 Å². The predicted octanol–water partition coefficient (Wildman–Crippen LogP) is 1.96. The Bertz CT molecular complexity index is 1470. The minimum absolute atomic E-state index is 0.209. The first kappa shape index (κ1) is 62.3. The number of carbonyl (C=O) groups excluding carboxylic acids is 10. The molecule has 0 saturated carbocycles. The summed E-state index contributed by atoms with van der Waals surface area (Å²) in [6.07, 6.45) is 10.3. The molecule has 0 fully saturated rings. The van der Waals surface area contributed by atoms with Crippen LogP contribution in [0.5, 0.6) is 0 Å². The SMILES string of the molecule is C=CC[C@H](NC(C)=O)C(=O)OC.COC(=O)[C@H](CC=C(C)C)NC(C)=O.COC(=O)[C@H](CC=C(C)C)NC(C)=O.COC(=O)[C@H](CC=CC[C@H](NC(C)=O)C(=O)OC)NC(C)=O. The van der Waals surface area contributed by atoms with E-state index in [1.54, 1.807) is 18.2 Å². The number of allylic oxidation sites excluding steroid dienone is 2. The maximum atomic E-state index is 11.5. The van der Waals surface area contributed by atoms with Crippen LogP contribution < -0.4 is 26.6 Å². The van der Waals surface area contributed by atoms with E-state index in [1.165, 1.54) is 70.2 Å². The number of ether oxygens (including phenoxy) is 5. The molecule has 0 rings (SSSR count). The molecule has 62 heavy (non-hydrogen) atoms. The standard InChI is InChI=1S/C14H22N2O6.2C10H17NO3.C8H13NO3/c1-9(17)15-11(13(19)21-3)7-5-6-8-12(14(20)22-4)16-10(2)18;2*1-7(2)5-6-9(10(13)14-4)11-8(3)12;1-4-5-7(8(11)12-3)9-6(2)10/h5-6,11-12H,7-8H2,1-4H3,(H,15,17)(H,16,18);2*5,9H,6H2,1-4H3,(H,11,12);4,7H,1,5H2,2-3H3,(H,9,10)/t11-,12-;2*9-;7-/m0000/s1. The van der Waals surface area contributed by atoms with Gasteiger partial charge in [-0.05, 0) is 59.8 Å². The quantitative estimate of drug-likeness (QED) is 0.0664. The molecule has 20 heteroatoms. The van der Waals surface area contributed by atoms with Gasteiger partial charge in [-0.25, -0.2) is 24.0 Å². The van der Waals surface area contributed by atoms with E-state index in [2.05, 4.69) is 56.8 Å². The fraction of sp³-hybridized carbons (Fsp3) is 0.571. The van der Waals surface area contributed by atoms with Gasteiger partial charge in [-0.1, -0.05) is 41.5 Å². The molecule has 0 aromatic carbocycles. The highest BCUT2D eigenvalue weighted by Gasteiger charge is 2.22. The fourth-order valence-corrected chi connectivity index (χ4v) is 4.35. The molecule has 0 aromatic rings. The summed E-state index contributed by atoms with van der Waals surface area (Å²) in [5, 5.41) is 12.4. The second kappa shape index (κ2) is 37.6. The second-order valence-corrected chi connectivity index (χ2v) is 13.4. The monoisotopic (exact) mass is 883 g/mol. The minimum Gasteiger partial charge on any atom is -0.467 e. The molecule has 0 bridgehead atoms. The summed E-state index contributed by atoms with van der Waals surface area (Å²) in [5.74, 6) is -3.85. The summed E-state index contributed by atoms with van der Waals surface area (Å²) in [6, 6.07) is -3.35. The first-order chi connectivity index (χ1) is 28.9. The summed E-state index contributed by atoms with van der Waals surface area (Å²) in [7, 11) is 6.34. The Kier molecular flexibility index (Phi) is 37.8. The number of hydrogen-bond acceptors (Lipinski definition) is 15. The lowest BCUT2D eigenvalue weighted by molar-refractivity contribution is -0.145. The Morgan fingerprint density at radius 2 is 0.565 bits per heavy atom. The number of amides is 5. The molecule has 0 aliphatic heterocycles. The predicted molar refractivity (Wildman–Crippen MR) is 229 cm³/mol. The first-order valence-corrected chi connectivity index (χ1v) is 19.1. The summed E-state index contributed by atoms with van der Waals surface area (Å²) in [5.41, 5.74) is 2.20. The van der Waals surface area contributed by atoms with Crippen molar-refractivity contribution in [3.63, 3.8) is 0 Å². The van der Waals surface area contributed by atoms with Gasteiger partial charge < -0.3 is 50.3 Å². The maximum absolute atomic E-state index is 11.5. The fourth-order valence-electron chi connectivity index (χ4n) is 4.35. The average Bonchev–Trinajstić information content (AvgIpc) is 3.19. The van der Waals surface area contributed by atoms with Crippen LogP contribution in [0.1, 0.15) is 94.4 Å². The Morgan fingerprint density at radius 3 is 0.726 bits per heavy atom. The van der Waals surface area contributed by atoms with Gasteiger partial charge in [0.05, 0.1) is 35.5 Å². The third-order valence-electron chi connectivity index (χ3n) is 7.15. The van der Waals surface area contributed by atoms with Crippen molar-refractivity contribution in [1.82, 2.24) is 26.6 Å². The van der Waals surface area contributed by atoms with Crippen LogP contribution >= 0.6 is 0 Å². The maximum Gasteiger partial charge on any atom is 0.328 e. The topological polar surface area (TPSA) is 277 Å². The average molecular weight is 884 g/mol. The molecule has 0 saturated heterocycles. The van der Waals surface area contributed by atoms with Gasteiger partial charge in [0, 0.05) is 34.6 Å². The molecular weight excluding hydrogens is 814 g/mol. The Hall–Kier alpha value is -6.34. The summed E-state index contributed by atoms with van der Waals surface area (Å²) in [6.45, 7) is 17.9. The van der Waals surface area contributed by atoms with Crippen molar-refractivity contribution in [2.24, 2.45) is 0 Å². The van der Waals surface area contributed by atoms with E-state index in [4.69, 9.17) is 0 Å². The smallest absolute Gasteiger partial charge is 0.328 e. The third kappa shape index (κ3) is 36.7. The van der Waals surface area contributed by atoms with Crippen LogP contribution in [-0.2, 0) is 71.6 Å². The number of rotatable bonds is 20. The van der Waals surface area contributed by atoms with Crippen molar-refractivity contribution in [3.05, 3.63) is 48.1 Å². The van der Waals surface area contributed by atoms with Crippen LogP contribution in [0.4, 0.5) is 0 Å². The number of hydrogen-bond donors (Lipinski definition) is 5. The lowest BCUT2D eigenvalue weighted by Gasteiger charge is -2.14. The van der Waals surface area contributed by atoms with Crippen LogP contribution in [0, 0.1) is 0 Å². The number of esters is 5. The highest BCUT2D eigenvalue weighted by Crippen LogP contribution is 2.04. The molecule has 0 spiro atoms. The van der Waals surface area contributed by atoms with Gasteiger partial charge in [0.2, 0.25) is 29.5 Å². The van der Waals surface area contributed by atoms with Crippen molar-refractivity contribution in [1.29, 1.82) is 0 Å².